The topological polar surface area (TPSA) is 56.2 Å². The molecule has 1 aliphatic rings. The normalized spacial score (nSPS) is 15.3. The minimum atomic E-state index is -0.146. The summed E-state index contributed by atoms with van der Waals surface area (Å²) in [7, 11) is 0. The van der Waals surface area contributed by atoms with E-state index < -0.39 is 0 Å². The van der Waals surface area contributed by atoms with E-state index >= 15 is 0 Å². The molecule has 4 nitrogen and oxygen atoms in total. The van der Waals surface area contributed by atoms with Crippen molar-refractivity contribution >= 4 is 5.65 Å². The van der Waals surface area contributed by atoms with Gasteiger partial charge in [-0.3, -0.25) is 0 Å². The van der Waals surface area contributed by atoms with Crippen molar-refractivity contribution < 1.29 is 0 Å². The van der Waals surface area contributed by atoms with E-state index in [1.165, 1.54) is 17.7 Å². The summed E-state index contributed by atoms with van der Waals surface area (Å²) in [6.07, 6.45) is 5.18. The van der Waals surface area contributed by atoms with Crippen LogP contribution >= 0.6 is 0 Å². The second kappa shape index (κ2) is 7.37. The highest BCUT2D eigenvalue weighted by molar-refractivity contribution is 5.90. The number of aromatic nitrogens is 3. The van der Waals surface area contributed by atoms with Gasteiger partial charge in [0, 0.05) is 22.5 Å². The van der Waals surface area contributed by atoms with Gasteiger partial charge in [0.2, 0.25) is 0 Å². The van der Waals surface area contributed by atoms with Gasteiger partial charge in [-0.15, -0.1) is 0 Å². The van der Waals surface area contributed by atoms with E-state index in [4.69, 9.17) is 15.8 Å². The summed E-state index contributed by atoms with van der Waals surface area (Å²) < 4.78 is 2.03. The maximum atomic E-state index is 6.54. The zero-order valence-corrected chi connectivity index (χ0v) is 17.7. The molecule has 0 bridgehead atoms. The Morgan fingerprint density at radius 2 is 1.67 bits per heavy atom. The highest BCUT2D eigenvalue weighted by Gasteiger charge is 2.34. The Morgan fingerprint density at radius 3 is 2.27 bits per heavy atom. The number of hydrogen-bond donors (Lipinski definition) is 1. The van der Waals surface area contributed by atoms with Gasteiger partial charge in [0.15, 0.2) is 5.65 Å². The fraction of sp³-hybridized carbons (Fsp3) is 0.308. The Labute approximate surface area is 177 Å². The second-order valence-electron chi connectivity index (χ2n) is 8.36. The molecule has 0 saturated heterocycles. The Bertz CT molecular complexity index is 1190. The summed E-state index contributed by atoms with van der Waals surface area (Å²) in [4.78, 5) is 4.98. The molecule has 0 unspecified atom stereocenters. The standard InChI is InChI=1S/C26H28N4/c1-3-21-17-22(4-2)30-25(28-21)23(18-9-6-5-7-10-18)24(29-30)19-11-13-20(14-12-19)26(27)15-8-16-26/h5-7,9-14,17H,3-4,8,15-16,27H2,1-2H3. The van der Waals surface area contributed by atoms with Gasteiger partial charge >= 0.3 is 0 Å². The third kappa shape index (κ3) is 3.03. The average Bonchev–Trinajstić information content (AvgIpc) is 3.17. The highest BCUT2D eigenvalue weighted by atomic mass is 15.3. The zero-order chi connectivity index (χ0) is 20.7. The highest BCUT2D eigenvalue weighted by Crippen LogP contribution is 2.40. The Hall–Kier alpha value is -2.98. The maximum absolute atomic E-state index is 6.54. The predicted octanol–water partition coefficient (Wildman–Crippen LogP) is 5.53. The van der Waals surface area contributed by atoms with Crippen molar-refractivity contribution in [3.63, 3.8) is 0 Å². The molecule has 0 spiro atoms. The van der Waals surface area contributed by atoms with Gasteiger partial charge in [0.1, 0.15) is 5.69 Å². The molecule has 1 aliphatic carbocycles. The minimum Gasteiger partial charge on any atom is -0.321 e. The van der Waals surface area contributed by atoms with Crippen LogP contribution in [0.1, 0.15) is 50.1 Å². The molecule has 1 saturated carbocycles. The van der Waals surface area contributed by atoms with Crippen LogP contribution in [0, 0.1) is 0 Å². The largest absolute Gasteiger partial charge is 0.321 e. The lowest BCUT2D eigenvalue weighted by atomic mass is 9.72. The van der Waals surface area contributed by atoms with Crippen molar-refractivity contribution in [2.45, 2.75) is 51.5 Å². The molecule has 152 valence electrons. The van der Waals surface area contributed by atoms with Gasteiger partial charge in [0.25, 0.3) is 0 Å². The van der Waals surface area contributed by atoms with Gasteiger partial charge in [-0.1, -0.05) is 68.4 Å². The summed E-state index contributed by atoms with van der Waals surface area (Å²) >= 11 is 0. The molecule has 2 heterocycles. The third-order valence-corrected chi connectivity index (χ3v) is 6.48. The lowest BCUT2D eigenvalue weighted by molar-refractivity contribution is 0.253. The van der Waals surface area contributed by atoms with Crippen molar-refractivity contribution in [3.05, 3.63) is 77.6 Å². The number of nitrogens with two attached hydrogens (primary N) is 1. The van der Waals surface area contributed by atoms with Crippen LogP contribution in [-0.4, -0.2) is 14.6 Å². The van der Waals surface area contributed by atoms with Crippen LogP contribution < -0.4 is 5.73 Å². The Balaban J connectivity index is 1.73. The molecule has 4 heteroatoms. The molecule has 2 aromatic carbocycles. The quantitative estimate of drug-likeness (QED) is 0.483. The van der Waals surface area contributed by atoms with Crippen molar-refractivity contribution in [1.29, 1.82) is 0 Å². The monoisotopic (exact) mass is 396 g/mol. The molecule has 0 amide bonds. The molecule has 2 N–H and O–H groups in total. The molecule has 30 heavy (non-hydrogen) atoms. The molecule has 5 rings (SSSR count). The van der Waals surface area contributed by atoms with E-state index in [2.05, 4.69) is 68.4 Å². The van der Waals surface area contributed by atoms with Gasteiger partial charge in [0.05, 0.1) is 5.56 Å². The van der Waals surface area contributed by atoms with Gasteiger partial charge < -0.3 is 5.73 Å². The molecule has 1 fully saturated rings. The van der Waals surface area contributed by atoms with Gasteiger partial charge in [-0.05, 0) is 49.3 Å². The number of rotatable bonds is 5. The van der Waals surface area contributed by atoms with E-state index in [0.717, 1.165) is 59.4 Å². The maximum Gasteiger partial charge on any atom is 0.164 e. The summed E-state index contributed by atoms with van der Waals surface area (Å²) in [6.45, 7) is 4.32. The van der Waals surface area contributed by atoms with Crippen molar-refractivity contribution in [2.75, 3.05) is 0 Å². The molecule has 2 aromatic heterocycles. The van der Waals surface area contributed by atoms with Crippen LogP contribution in [0.5, 0.6) is 0 Å². The zero-order valence-electron chi connectivity index (χ0n) is 17.7. The molecular weight excluding hydrogens is 368 g/mol. The second-order valence-corrected chi connectivity index (χ2v) is 8.36. The number of fused-ring (bicyclic) bond motifs is 1. The van der Waals surface area contributed by atoms with Gasteiger partial charge in [-0.25, -0.2) is 9.50 Å². The molecule has 0 radical (unpaired) electrons. The Morgan fingerprint density at radius 1 is 0.933 bits per heavy atom. The molecule has 0 aliphatic heterocycles. The summed E-state index contributed by atoms with van der Waals surface area (Å²) in [5.41, 5.74) is 15.2. The van der Waals surface area contributed by atoms with E-state index in [9.17, 15) is 0 Å². The van der Waals surface area contributed by atoms with Gasteiger partial charge in [-0.2, -0.15) is 5.10 Å². The SMILES string of the molecule is CCc1cc(CC)n2nc(-c3ccc(C4(N)CCC4)cc3)c(-c3ccccc3)c2n1. The van der Waals surface area contributed by atoms with E-state index in [0.29, 0.717) is 0 Å². The predicted molar refractivity (Wildman–Crippen MR) is 122 cm³/mol. The number of hydrogen-bond acceptors (Lipinski definition) is 3. The van der Waals surface area contributed by atoms with Crippen molar-refractivity contribution in [2.24, 2.45) is 5.73 Å². The van der Waals surface area contributed by atoms with Crippen LogP contribution in [0.25, 0.3) is 28.0 Å². The minimum absolute atomic E-state index is 0.146. The summed E-state index contributed by atoms with van der Waals surface area (Å²) in [5.74, 6) is 0. The first-order valence-corrected chi connectivity index (χ1v) is 11.0. The fourth-order valence-corrected chi connectivity index (χ4v) is 4.45. The van der Waals surface area contributed by atoms with Crippen LogP contribution in [0.2, 0.25) is 0 Å². The summed E-state index contributed by atoms with van der Waals surface area (Å²) in [5, 5.41) is 5.05. The smallest absolute Gasteiger partial charge is 0.164 e. The molecule has 0 atom stereocenters. The van der Waals surface area contributed by atoms with E-state index in [1.807, 2.05) is 10.6 Å². The summed E-state index contributed by atoms with van der Waals surface area (Å²) in [6, 6.07) is 21.4. The van der Waals surface area contributed by atoms with Crippen LogP contribution in [0.3, 0.4) is 0 Å². The van der Waals surface area contributed by atoms with Crippen LogP contribution in [0.4, 0.5) is 0 Å². The van der Waals surface area contributed by atoms with Crippen LogP contribution in [0.15, 0.2) is 60.7 Å². The first-order chi connectivity index (χ1) is 14.6. The fourth-order valence-electron chi connectivity index (χ4n) is 4.45. The number of aryl methyl sites for hydroxylation is 2. The number of nitrogens with zero attached hydrogens (tertiary/aromatic N) is 3. The van der Waals surface area contributed by atoms with E-state index in [-0.39, 0.29) is 5.54 Å². The first kappa shape index (κ1) is 19.0. The van der Waals surface area contributed by atoms with Crippen molar-refractivity contribution in [3.8, 4) is 22.4 Å². The molecule has 4 aromatic rings. The average molecular weight is 397 g/mol. The lowest BCUT2D eigenvalue weighted by Crippen LogP contribution is -2.43. The molecular formula is C26H28N4. The van der Waals surface area contributed by atoms with Crippen LogP contribution in [-0.2, 0) is 18.4 Å². The van der Waals surface area contributed by atoms with E-state index in [1.54, 1.807) is 0 Å². The Kier molecular flexibility index (Phi) is 4.67. The number of benzene rings is 2. The lowest BCUT2D eigenvalue weighted by Gasteiger charge is -2.38. The van der Waals surface area contributed by atoms with Crippen molar-refractivity contribution in [1.82, 2.24) is 14.6 Å². The third-order valence-electron chi connectivity index (χ3n) is 6.48. The first-order valence-electron chi connectivity index (χ1n) is 11.0.